The van der Waals surface area contributed by atoms with Crippen LogP contribution in [0.3, 0.4) is 0 Å². The highest BCUT2D eigenvalue weighted by atomic mass is 19.2. The molecule has 8 nitrogen and oxygen atoms in total. The van der Waals surface area contributed by atoms with E-state index in [2.05, 4.69) is 15.6 Å². The number of carboxylic acid groups (broad SMARTS) is 1. The van der Waals surface area contributed by atoms with E-state index in [1.54, 1.807) is 30.3 Å². The molecule has 10 heteroatoms. The van der Waals surface area contributed by atoms with Gasteiger partial charge < -0.3 is 15.7 Å². The second kappa shape index (κ2) is 9.49. The predicted octanol–water partition coefficient (Wildman–Crippen LogP) is 3.17. The second-order valence-corrected chi connectivity index (χ2v) is 7.38. The Morgan fingerprint density at radius 3 is 2.24 bits per heavy atom. The Morgan fingerprint density at radius 1 is 0.853 bits per heavy atom. The lowest BCUT2D eigenvalue weighted by molar-refractivity contribution is 0.0696. The van der Waals surface area contributed by atoms with Crippen molar-refractivity contribution in [3.63, 3.8) is 0 Å². The van der Waals surface area contributed by atoms with Gasteiger partial charge in [0.1, 0.15) is 17.0 Å². The predicted molar refractivity (Wildman–Crippen MR) is 117 cm³/mol. The lowest BCUT2D eigenvalue weighted by atomic mass is 10.1. The van der Waals surface area contributed by atoms with Crippen LogP contribution in [0.1, 0.15) is 42.5 Å². The number of pyridine rings is 1. The number of hydrogen-bond donors (Lipinski definition) is 3. The molecule has 0 unspecified atom stereocenters. The first-order valence-corrected chi connectivity index (χ1v) is 10.1. The normalized spacial score (nSPS) is 10.8. The van der Waals surface area contributed by atoms with Crippen molar-refractivity contribution in [1.29, 1.82) is 0 Å². The van der Waals surface area contributed by atoms with Gasteiger partial charge in [0, 0.05) is 19.3 Å². The average molecular weight is 464 g/mol. The summed E-state index contributed by atoms with van der Waals surface area (Å²) in [6, 6.07) is 14.3. The van der Waals surface area contributed by atoms with Gasteiger partial charge in [-0.05, 0) is 47.5 Å². The van der Waals surface area contributed by atoms with Gasteiger partial charge in [-0.15, -0.1) is 0 Å². The van der Waals surface area contributed by atoms with E-state index in [0.29, 0.717) is 16.8 Å². The first-order chi connectivity index (χ1) is 16.3. The summed E-state index contributed by atoms with van der Waals surface area (Å²) < 4.78 is 27.9. The second-order valence-electron chi connectivity index (χ2n) is 7.38. The molecule has 0 aliphatic rings. The molecule has 2 heterocycles. The van der Waals surface area contributed by atoms with E-state index in [1.807, 2.05) is 0 Å². The minimum Gasteiger partial charge on any atom is -0.478 e. The van der Waals surface area contributed by atoms with Crippen molar-refractivity contribution < 1.29 is 28.3 Å². The van der Waals surface area contributed by atoms with Gasteiger partial charge >= 0.3 is 5.97 Å². The van der Waals surface area contributed by atoms with Crippen LogP contribution in [-0.2, 0) is 13.1 Å². The SMILES string of the molecule is O=C(O)c1ccc(CNC(=O)c2cccc3nc(C(=O)NCc4ccc(F)c(F)c4)cn23)cc1. The standard InChI is InChI=1S/C24H18F2N4O4/c25-17-9-6-15(10-18(17)26)12-27-22(31)19-13-30-20(2-1-3-21(30)29-19)23(32)28-11-14-4-7-16(8-5-14)24(33)34/h1-10,13H,11-12H2,(H,27,31)(H,28,32)(H,33,34). The number of nitrogens with zero attached hydrogens (tertiary/aromatic N) is 2. The van der Waals surface area contributed by atoms with Crippen LogP contribution in [0.5, 0.6) is 0 Å². The summed E-state index contributed by atoms with van der Waals surface area (Å²) in [6.45, 7) is 0.142. The van der Waals surface area contributed by atoms with Crippen molar-refractivity contribution in [3.8, 4) is 0 Å². The number of imidazole rings is 1. The number of rotatable bonds is 7. The zero-order valence-electron chi connectivity index (χ0n) is 17.6. The molecule has 34 heavy (non-hydrogen) atoms. The molecule has 0 atom stereocenters. The molecule has 0 aliphatic carbocycles. The minimum atomic E-state index is -1.04. The van der Waals surface area contributed by atoms with Crippen LogP contribution in [0.25, 0.3) is 5.65 Å². The van der Waals surface area contributed by atoms with Crippen LogP contribution < -0.4 is 10.6 Å². The topological polar surface area (TPSA) is 113 Å². The van der Waals surface area contributed by atoms with E-state index in [0.717, 1.165) is 12.1 Å². The maximum Gasteiger partial charge on any atom is 0.335 e. The van der Waals surface area contributed by atoms with Gasteiger partial charge in [0.25, 0.3) is 11.8 Å². The smallest absolute Gasteiger partial charge is 0.335 e. The monoisotopic (exact) mass is 464 g/mol. The highest BCUT2D eigenvalue weighted by Gasteiger charge is 2.16. The molecule has 2 aromatic carbocycles. The molecule has 0 radical (unpaired) electrons. The molecule has 2 aromatic heterocycles. The number of nitrogens with one attached hydrogen (secondary N) is 2. The van der Waals surface area contributed by atoms with Crippen LogP contribution >= 0.6 is 0 Å². The molecule has 4 rings (SSSR count). The van der Waals surface area contributed by atoms with Crippen LogP contribution in [0.4, 0.5) is 8.78 Å². The van der Waals surface area contributed by atoms with E-state index < -0.39 is 29.4 Å². The summed E-state index contributed by atoms with van der Waals surface area (Å²) in [7, 11) is 0. The maximum absolute atomic E-state index is 13.3. The Labute approximate surface area is 191 Å². The van der Waals surface area contributed by atoms with Crippen LogP contribution in [0.15, 0.2) is 66.9 Å². The van der Waals surface area contributed by atoms with E-state index in [-0.39, 0.29) is 30.0 Å². The van der Waals surface area contributed by atoms with Crippen molar-refractivity contribution in [1.82, 2.24) is 20.0 Å². The molecule has 0 saturated heterocycles. The Balaban J connectivity index is 1.45. The molecule has 0 aliphatic heterocycles. The maximum atomic E-state index is 13.3. The summed E-state index contributed by atoms with van der Waals surface area (Å²) in [5.41, 5.74) is 1.91. The number of carboxylic acids is 1. The molecular weight excluding hydrogens is 446 g/mol. The molecular formula is C24H18F2N4O4. The molecule has 4 aromatic rings. The zero-order chi connectivity index (χ0) is 24.2. The minimum absolute atomic E-state index is 0.0298. The number of halogens is 2. The fourth-order valence-corrected chi connectivity index (χ4v) is 3.27. The Hall–Kier alpha value is -4.60. The van der Waals surface area contributed by atoms with Crippen molar-refractivity contribution in [2.24, 2.45) is 0 Å². The lowest BCUT2D eigenvalue weighted by Gasteiger charge is -2.07. The average Bonchev–Trinajstić information content (AvgIpc) is 3.28. The molecule has 0 fully saturated rings. The molecule has 0 spiro atoms. The first kappa shape index (κ1) is 22.6. The molecule has 172 valence electrons. The lowest BCUT2D eigenvalue weighted by Crippen LogP contribution is -2.25. The summed E-state index contributed by atoms with van der Waals surface area (Å²) in [5.74, 6) is -3.98. The van der Waals surface area contributed by atoms with Gasteiger partial charge in [0.05, 0.1) is 5.56 Å². The fourth-order valence-electron chi connectivity index (χ4n) is 3.27. The molecule has 0 bridgehead atoms. The summed E-state index contributed by atoms with van der Waals surface area (Å²) in [5, 5.41) is 14.3. The zero-order valence-corrected chi connectivity index (χ0v) is 17.6. The van der Waals surface area contributed by atoms with E-state index in [4.69, 9.17) is 5.11 Å². The number of amides is 2. The number of hydrogen-bond acceptors (Lipinski definition) is 4. The fraction of sp³-hybridized carbons (Fsp3) is 0.0833. The van der Waals surface area contributed by atoms with Gasteiger partial charge in [0.15, 0.2) is 11.6 Å². The Morgan fingerprint density at radius 2 is 1.53 bits per heavy atom. The number of carbonyl (C=O) groups excluding carboxylic acids is 2. The van der Waals surface area contributed by atoms with Crippen molar-refractivity contribution in [3.05, 3.63) is 107 Å². The van der Waals surface area contributed by atoms with Crippen LogP contribution in [0.2, 0.25) is 0 Å². The highest BCUT2D eigenvalue weighted by molar-refractivity contribution is 5.95. The molecule has 3 N–H and O–H groups in total. The van der Waals surface area contributed by atoms with E-state index >= 15 is 0 Å². The summed E-state index contributed by atoms with van der Waals surface area (Å²) in [6.07, 6.45) is 1.41. The number of carbonyl (C=O) groups is 3. The van der Waals surface area contributed by atoms with E-state index in [9.17, 15) is 23.2 Å². The Kier molecular flexibility index (Phi) is 6.30. The van der Waals surface area contributed by atoms with Gasteiger partial charge in [0.2, 0.25) is 0 Å². The third kappa shape index (κ3) is 4.90. The summed E-state index contributed by atoms with van der Waals surface area (Å²) >= 11 is 0. The van der Waals surface area contributed by atoms with Gasteiger partial charge in [-0.2, -0.15) is 0 Å². The highest BCUT2D eigenvalue weighted by Crippen LogP contribution is 2.12. The first-order valence-electron chi connectivity index (χ1n) is 10.1. The van der Waals surface area contributed by atoms with Crippen molar-refractivity contribution in [2.45, 2.75) is 13.1 Å². The van der Waals surface area contributed by atoms with Crippen molar-refractivity contribution >= 4 is 23.4 Å². The van der Waals surface area contributed by atoms with Crippen molar-refractivity contribution in [2.75, 3.05) is 0 Å². The third-order valence-electron chi connectivity index (χ3n) is 5.05. The van der Waals surface area contributed by atoms with Crippen LogP contribution in [-0.4, -0.2) is 32.3 Å². The molecule has 0 saturated carbocycles. The summed E-state index contributed by atoms with van der Waals surface area (Å²) in [4.78, 5) is 40.4. The van der Waals surface area contributed by atoms with Gasteiger partial charge in [-0.1, -0.05) is 24.3 Å². The third-order valence-corrected chi connectivity index (χ3v) is 5.05. The number of fused-ring (bicyclic) bond motifs is 1. The van der Waals surface area contributed by atoms with E-state index in [1.165, 1.54) is 28.8 Å². The number of benzene rings is 2. The Bertz CT molecular complexity index is 1400. The number of aromatic carboxylic acids is 1. The number of aromatic nitrogens is 2. The van der Waals surface area contributed by atoms with Crippen LogP contribution in [0, 0.1) is 11.6 Å². The molecule has 2 amide bonds. The van der Waals surface area contributed by atoms with Gasteiger partial charge in [-0.3, -0.25) is 14.0 Å². The largest absolute Gasteiger partial charge is 0.478 e. The van der Waals surface area contributed by atoms with Gasteiger partial charge in [-0.25, -0.2) is 18.6 Å². The quantitative estimate of drug-likeness (QED) is 0.389.